The summed E-state index contributed by atoms with van der Waals surface area (Å²) in [5.74, 6) is -1.19. The first kappa shape index (κ1) is 17.0. The lowest BCUT2D eigenvalue weighted by molar-refractivity contribution is 0.197. The Morgan fingerprint density at radius 3 is 2.84 bits per heavy atom. The van der Waals surface area contributed by atoms with Gasteiger partial charge in [0.15, 0.2) is 17.5 Å². The number of anilines is 1. The van der Waals surface area contributed by atoms with Crippen LogP contribution in [0.15, 0.2) is 42.1 Å². The molecule has 2 aromatic rings. The number of halogens is 2. The second-order valence-corrected chi connectivity index (χ2v) is 6.03. The molecule has 0 saturated carbocycles. The number of aromatic nitrogens is 2. The van der Waals surface area contributed by atoms with Crippen LogP contribution in [0.4, 0.5) is 19.4 Å². The number of carbonyl (C=O) groups is 1. The molecule has 2 amide bonds. The topological polar surface area (TPSA) is 58.1 Å². The van der Waals surface area contributed by atoms with E-state index >= 15 is 0 Å². The second-order valence-electron chi connectivity index (χ2n) is 6.03. The number of hydrogen-bond donors (Lipinski definition) is 1. The van der Waals surface area contributed by atoms with Crippen LogP contribution in [0, 0.1) is 17.6 Å². The van der Waals surface area contributed by atoms with Crippen molar-refractivity contribution in [2.24, 2.45) is 5.92 Å². The highest BCUT2D eigenvalue weighted by Gasteiger charge is 2.24. The van der Waals surface area contributed by atoms with Crippen molar-refractivity contribution in [3.8, 4) is 0 Å². The molecule has 1 N–H and O–H groups in total. The Morgan fingerprint density at radius 2 is 2.16 bits per heavy atom. The molecule has 7 heteroatoms. The van der Waals surface area contributed by atoms with Crippen LogP contribution in [0.5, 0.6) is 0 Å². The fourth-order valence-corrected chi connectivity index (χ4v) is 2.82. The average Bonchev–Trinajstić information content (AvgIpc) is 2.60. The van der Waals surface area contributed by atoms with Crippen molar-refractivity contribution in [2.45, 2.75) is 13.3 Å². The second kappa shape index (κ2) is 7.38. The molecule has 130 valence electrons. The third-order valence-electron chi connectivity index (χ3n) is 4.19. The molecule has 0 radical (unpaired) electrons. The summed E-state index contributed by atoms with van der Waals surface area (Å²) in [6.07, 6.45) is 4.08. The first-order valence-corrected chi connectivity index (χ1v) is 8.02. The SMILES string of the molecule is CC1CN(C(=O)Nc2cccnn2)CC/C1=C\c1ccc(F)c(F)c1. The van der Waals surface area contributed by atoms with Crippen molar-refractivity contribution in [2.75, 3.05) is 18.4 Å². The van der Waals surface area contributed by atoms with Gasteiger partial charge in [-0.15, -0.1) is 5.10 Å². The predicted octanol–water partition coefficient (Wildman–Crippen LogP) is 3.71. The molecule has 0 aliphatic carbocycles. The summed E-state index contributed by atoms with van der Waals surface area (Å²) in [5.41, 5.74) is 1.73. The summed E-state index contributed by atoms with van der Waals surface area (Å²) in [7, 11) is 0. The summed E-state index contributed by atoms with van der Waals surface area (Å²) in [4.78, 5) is 14.0. The maximum Gasteiger partial charge on any atom is 0.323 e. The monoisotopic (exact) mass is 344 g/mol. The minimum atomic E-state index is -0.859. The maximum atomic E-state index is 13.3. The molecule has 1 atom stereocenters. The Kier molecular flexibility index (Phi) is 5.02. The number of carbonyl (C=O) groups excluding carboxylic acids is 1. The number of piperidine rings is 1. The van der Waals surface area contributed by atoms with Crippen LogP contribution in [-0.2, 0) is 0 Å². The van der Waals surface area contributed by atoms with Gasteiger partial charge in [-0.25, -0.2) is 13.6 Å². The fraction of sp³-hybridized carbons (Fsp3) is 0.278. The van der Waals surface area contributed by atoms with Gasteiger partial charge in [-0.1, -0.05) is 24.6 Å². The van der Waals surface area contributed by atoms with E-state index in [9.17, 15) is 13.6 Å². The van der Waals surface area contributed by atoms with E-state index in [1.54, 1.807) is 23.1 Å². The highest BCUT2D eigenvalue weighted by atomic mass is 19.2. The minimum absolute atomic E-state index is 0.120. The zero-order valence-electron chi connectivity index (χ0n) is 13.7. The Bertz CT molecular complexity index is 795. The summed E-state index contributed by atoms with van der Waals surface area (Å²) in [5, 5.41) is 10.3. The number of hydrogen-bond acceptors (Lipinski definition) is 3. The molecule has 25 heavy (non-hydrogen) atoms. The van der Waals surface area contributed by atoms with E-state index in [0.29, 0.717) is 30.9 Å². The van der Waals surface area contributed by atoms with Crippen molar-refractivity contribution in [3.05, 3.63) is 59.3 Å². The van der Waals surface area contributed by atoms with E-state index in [4.69, 9.17) is 0 Å². The quantitative estimate of drug-likeness (QED) is 0.903. The number of nitrogens with one attached hydrogen (secondary N) is 1. The number of likely N-dealkylation sites (tertiary alicyclic amines) is 1. The molecule has 5 nitrogen and oxygen atoms in total. The Labute approximate surface area is 144 Å². The van der Waals surface area contributed by atoms with Crippen molar-refractivity contribution >= 4 is 17.9 Å². The van der Waals surface area contributed by atoms with Crippen LogP contribution >= 0.6 is 0 Å². The van der Waals surface area contributed by atoms with Crippen molar-refractivity contribution < 1.29 is 13.6 Å². The fourth-order valence-electron chi connectivity index (χ4n) is 2.82. The molecule has 2 heterocycles. The average molecular weight is 344 g/mol. The third-order valence-corrected chi connectivity index (χ3v) is 4.19. The number of benzene rings is 1. The lowest BCUT2D eigenvalue weighted by Crippen LogP contribution is -2.42. The smallest absolute Gasteiger partial charge is 0.323 e. The van der Waals surface area contributed by atoms with Gasteiger partial charge in [0.25, 0.3) is 0 Å². The van der Waals surface area contributed by atoms with Crippen molar-refractivity contribution in [1.82, 2.24) is 15.1 Å². The van der Waals surface area contributed by atoms with Crippen LogP contribution in [0.1, 0.15) is 18.9 Å². The Balaban J connectivity index is 1.64. The van der Waals surface area contributed by atoms with E-state index in [0.717, 1.165) is 11.6 Å². The summed E-state index contributed by atoms with van der Waals surface area (Å²) in [6.45, 7) is 3.10. The van der Waals surface area contributed by atoms with E-state index < -0.39 is 11.6 Å². The number of nitrogens with zero attached hydrogens (tertiary/aromatic N) is 3. The van der Waals surface area contributed by atoms with E-state index in [1.165, 1.54) is 12.3 Å². The van der Waals surface area contributed by atoms with Gasteiger partial charge >= 0.3 is 6.03 Å². The molecule has 3 rings (SSSR count). The molecule has 1 aromatic heterocycles. The van der Waals surface area contributed by atoms with Crippen LogP contribution in [-0.4, -0.2) is 34.2 Å². The normalized spacial score (nSPS) is 19.1. The van der Waals surface area contributed by atoms with Crippen LogP contribution in [0.3, 0.4) is 0 Å². The van der Waals surface area contributed by atoms with Gasteiger partial charge in [0.2, 0.25) is 0 Å². The standard InChI is InChI=1S/C18H18F2N4O/c1-12-11-24(18(25)22-17-3-2-7-21-23-17)8-6-14(12)9-13-4-5-15(19)16(20)10-13/h2-5,7,9-10,12H,6,8,11H2,1H3,(H,22,23,25)/b14-9+. The lowest BCUT2D eigenvalue weighted by Gasteiger charge is -2.33. The first-order valence-electron chi connectivity index (χ1n) is 8.02. The van der Waals surface area contributed by atoms with E-state index in [1.807, 2.05) is 13.0 Å². The van der Waals surface area contributed by atoms with Crippen molar-refractivity contribution in [3.63, 3.8) is 0 Å². The van der Waals surface area contributed by atoms with Gasteiger partial charge in [-0.05, 0) is 42.2 Å². The predicted molar refractivity (Wildman–Crippen MR) is 90.7 cm³/mol. The molecule has 1 saturated heterocycles. The van der Waals surface area contributed by atoms with E-state index in [2.05, 4.69) is 15.5 Å². The lowest BCUT2D eigenvalue weighted by atomic mass is 9.91. The van der Waals surface area contributed by atoms with Crippen molar-refractivity contribution in [1.29, 1.82) is 0 Å². The summed E-state index contributed by atoms with van der Waals surface area (Å²) >= 11 is 0. The van der Waals surface area contributed by atoms with Gasteiger partial charge in [0.1, 0.15) is 0 Å². The molecular formula is C18H18F2N4O. The largest absolute Gasteiger partial charge is 0.324 e. The highest BCUT2D eigenvalue weighted by Crippen LogP contribution is 2.25. The van der Waals surface area contributed by atoms with Crippen LogP contribution in [0.2, 0.25) is 0 Å². The molecule has 0 spiro atoms. The molecule has 1 aromatic carbocycles. The number of amides is 2. The zero-order chi connectivity index (χ0) is 17.8. The summed E-state index contributed by atoms with van der Waals surface area (Å²) in [6, 6.07) is 7.00. The Hall–Kier alpha value is -2.83. The molecule has 1 fully saturated rings. The first-order chi connectivity index (χ1) is 12.0. The van der Waals surface area contributed by atoms with Gasteiger partial charge < -0.3 is 4.90 Å². The highest BCUT2D eigenvalue weighted by molar-refractivity contribution is 5.88. The van der Waals surface area contributed by atoms with Gasteiger partial charge in [0.05, 0.1) is 0 Å². The maximum absolute atomic E-state index is 13.3. The summed E-state index contributed by atoms with van der Waals surface area (Å²) < 4.78 is 26.3. The minimum Gasteiger partial charge on any atom is -0.324 e. The molecular weight excluding hydrogens is 326 g/mol. The number of urea groups is 1. The zero-order valence-corrected chi connectivity index (χ0v) is 13.7. The Morgan fingerprint density at radius 1 is 1.32 bits per heavy atom. The van der Waals surface area contributed by atoms with Crippen LogP contribution < -0.4 is 5.32 Å². The van der Waals surface area contributed by atoms with Gasteiger partial charge in [0, 0.05) is 19.3 Å². The molecule has 0 bridgehead atoms. The number of rotatable bonds is 2. The third kappa shape index (κ3) is 4.17. The van der Waals surface area contributed by atoms with E-state index in [-0.39, 0.29) is 11.9 Å². The van der Waals surface area contributed by atoms with Gasteiger partial charge in [-0.2, -0.15) is 5.10 Å². The van der Waals surface area contributed by atoms with Crippen LogP contribution in [0.25, 0.3) is 6.08 Å². The van der Waals surface area contributed by atoms with Gasteiger partial charge in [-0.3, -0.25) is 5.32 Å². The molecule has 1 aliphatic heterocycles. The molecule has 1 unspecified atom stereocenters. The molecule has 1 aliphatic rings.